The summed E-state index contributed by atoms with van der Waals surface area (Å²) in [7, 11) is 2.18. The second-order valence-electron chi connectivity index (χ2n) is 13.9. The van der Waals surface area contributed by atoms with Crippen LogP contribution in [0, 0.1) is 5.41 Å². The number of aliphatic hydroxyl groups excluding tert-OH is 1. The number of rotatable bonds is 13. The van der Waals surface area contributed by atoms with Crippen molar-refractivity contribution in [3.05, 3.63) is 35.4 Å². The zero-order valence-electron chi connectivity index (χ0n) is 29.5. The molecule has 0 spiro atoms. The molecule has 1 aromatic carbocycles. The third kappa shape index (κ3) is 8.54. The van der Waals surface area contributed by atoms with Crippen LogP contribution in [0.5, 0.6) is 0 Å². The summed E-state index contributed by atoms with van der Waals surface area (Å²) in [5.74, 6) is -6.11. The Bertz CT molecular complexity index is 1260. The van der Waals surface area contributed by atoms with Gasteiger partial charge in [-0.15, -0.1) is 0 Å². The van der Waals surface area contributed by atoms with Crippen molar-refractivity contribution >= 4 is 23.9 Å². The maximum atomic E-state index is 14.5. The lowest BCUT2D eigenvalue weighted by Crippen LogP contribution is -2.60. The highest BCUT2D eigenvalue weighted by atomic mass is 17.2. The van der Waals surface area contributed by atoms with Crippen LogP contribution in [0.3, 0.4) is 0 Å². The number of ether oxygens (including phenoxy) is 6. The fraction of sp³-hybridized carbons (Fsp3) is 0.714. The van der Waals surface area contributed by atoms with Crippen LogP contribution in [-0.4, -0.2) is 86.8 Å². The van der Waals surface area contributed by atoms with E-state index in [0.29, 0.717) is 38.0 Å². The lowest BCUT2D eigenvalue weighted by molar-refractivity contribution is -0.305. The van der Waals surface area contributed by atoms with Gasteiger partial charge in [-0.3, -0.25) is 0 Å². The van der Waals surface area contributed by atoms with Gasteiger partial charge in [-0.25, -0.2) is 29.0 Å². The highest BCUT2D eigenvalue weighted by molar-refractivity contribution is 6.06. The Morgan fingerprint density at radius 3 is 1.85 bits per heavy atom. The summed E-state index contributed by atoms with van der Waals surface area (Å²) in [5, 5.41) is 10.1. The van der Waals surface area contributed by atoms with Crippen molar-refractivity contribution in [3.63, 3.8) is 0 Å². The van der Waals surface area contributed by atoms with Gasteiger partial charge in [-0.1, -0.05) is 65.8 Å². The molecule has 0 bridgehead atoms. The van der Waals surface area contributed by atoms with Gasteiger partial charge in [0.15, 0.2) is 12.6 Å². The van der Waals surface area contributed by atoms with Crippen molar-refractivity contribution < 1.29 is 62.5 Å². The number of carbonyl (C=O) groups excluding carboxylic acids is 4. The van der Waals surface area contributed by atoms with Crippen LogP contribution in [0.25, 0.3) is 0 Å². The first-order chi connectivity index (χ1) is 22.6. The maximum absolute atomic E-state index is 14.5. The monoisotopic (exact) mass is 680 g/mol. The number of esters is 2. The maximum Gasteiger partial charge on any atom is 0.399 e. The van der Waals surface area contributed by atoms with E-state index < -0.39 is 64.4 Å². The minimum Gasteiger partial charge on any atom is -0.466 e. The fourth-order valence-electron chi connectivity index (χ4n) is 6.17. The van der Waals surface area contributed by atoms with Gasteiger partial charge in [0.05, 0.1) is 20.8 Å². The lowest BCUT2D eigenvalue weighted by Gasteiger charge is -2.44. The van der Waals surface area contributed by atoms with E-state index >= 15 is 0 Å². The van der Waals surface area contributed by atoms with E-state index in [1.807, 2.05) is 19.9 Å². The van der Waals surface area contributed by atoms with E-state index in [-0.39, 0.29) is 13.0 Å². The summed E-state index contributed by atoms with van der Waals surface area (Å²) >= 11 is 0. The Morgan fingerprint density at radius 2 is 1.38 bits per heavy atom. The van der Waals surface area contributed by atoms with Gasteiger partial charge < -0.3 is 33.5 Å². The zero-order valence-corrected chi connectivity index (χ0v) is 29.5. The average molecular weight is 681 g/mol. The molecular weight excluding hydrogens is 628 g/mol. The topological polar surface area (TPSA) is 162 Å². The van der Waals surface area contributed by atoms with Gasteiger partial charge in [0.1, 0.15) is 0 Å². The Balaban J connectivity index is 2.14. The van der Waals surface area contributed by atoms with Crippen molar-refractivity contribution in [1.29, 1.82) is 0 Å². The number of aliphatic hydroxyl groups is 1. The van der Waals surface area contributed by atoms with E-state index in [9.17, 15) is 24.3 Å². The van der Waals surface area contributed by atoms with Crippen molar-refractivity contribution in [2.45, 2.75) is 122 Å². The van der Waals surface area contributed by atoms with Crippen LogP contribution in [0.1, 0.15) is 104 Å². The van der Waals surface area contributed by atoms with E-state index in [2.05, 4.69) is 0 Å². The van der Waals surface area contributed by atoms with Gasteiger partial charge >= 0.3 is 23.9 Å². The molecule has 270 valence electrons. The minimum atomic E-state index is -2.58. The van der Waals surface area contributed by atoms with Crippen LogP contribution in [0.2, 0.25) is 0 Å². The molecule has 0 aliphatic carbocycles. The minimum absolute atomic E-state index is 0.170. The van der Waals surface area contributed by atoms with Crippen molar-refractivity contribution in [3.8, 4) is 0 Å². The number of carbonyl (C=O) groups is 4. The lowest BCUT2D eigenvalue weighted by atomic mass is 9.66. The number of hydrogen-bond donors (Lipinski definition) is 1. The highest BCUT2D eigenvalue weighted by Gasteiger charge is 2.63. The summed E-state index contributed by atoms with van der Waals surface area (Å²) in [5.41, 5.74) is -5.28. The molecule has 2 fully saturated rings. The second kappa shape index (κ2) is 16.5. The van der Waals surface area contributed by atoms with Gasteiger partial charge in [0.2, 0.25) is 0 Å². The molecule has 0 saturated carbocycles. The summed E-state index contributed by atoms with van der Waals surface area (Å²) < 4.78 is 33.8. The number of hydrogen-bond acceptors (Lipinski definition) is 13. The summed E-state index contributed by atoms with van der Waals surface area (Å²) in [6.07, 6.45) is 1.57. The SMILES string of the molecule is CCC(OC1CCCCO1)(C(=O)OC)C(=O)OOC(=O)C(OC1CCCCO1)(C(=O)OC)C(c1cccc(C(C)(C)CO)c1)C(C)(C)C. The van der Waals surface area contributed by atoms with Gasteiger partial charge in [-0.05, 0) is 61.5 Å². The predicted molar refractivity (Wildman–Crippen MR) is 170 cm³/mol. The Kier molecular flexibility index (Phi) is 13.6. The summed E-state index contributed by atoms with van der Waals surface area (Å²) in [6.45, 7) is 11.1. The molecule has 1 N–H and O–H groups in total. The Labute approximate surface area is 282 Å². The van der Waals surface area contributed by atoms with Gasteiger partial charge in [0, 0.05) is 24.5 Å². The van der Waals surface area contributed by atoms with E-state index in [1.54, 1.807) is 39.0 Å². The van der Waals surface area contributed by atoms with Crippen molar-refractivity contribution in [1.82, 2.24) is 0 Å². The Hall–Kier alpha value is -3.10. The van der Waals surface area contributed by atoms with Crippen LogP contribution in [-0.2, 0) is 62.8 Å². The smallest absolute Gasteiger partial charge is 0.399 e. The quantitative estimate of drug-likeness (QED) is 0.135. The van der Waals surface area contributed by atoms with Gasteiger partial charge in [-0.2, -0.15) is 0 Å². The van der Waals surface area contributed by atoms with Crippen molar-refractivity contribution in [2.24, 2.45) is 5.41 Å². The van der Waals surface area contributed by atoms with Crippen LogP contribution >= 0.6 is 0 Å². The van der Waals surface area contributed by atoms with E-state index in [4.69, 9.17) is 38.2 Å². The first-order valence-corrected chi connectivity index (χ1v) is 16.5. The van der Waals surface area contributed by atoms with E-state index in [1.165, 1.54) is 6.92 Å². The molecule has 0 amide bonds. The first kappa shape index (κ1) is 39.3. The first-order valence-electron chi connectivity index (χ1n) is 16.5. The normalized spacial score (nSPS) is 21.9. The molecule has 0 radical (unpaired) electrons. The standard InChI is InChI=1S/C35H52O13/c1-9-34(28(37)41-7,45-25-17-10-12-19-43-25)29(38)47-48-31(40)35(30(39)42-8,46-26-18-11-13-20-44-26)27(32(2,3)4)23-15-14-16-24(21-23)33(5,6)22-36/h14-16,21,25-27,36H,9-13,17-20,22H2,1-8H3. The second-order valence-corrected chi connectivity index (χ2v) is 13.9. The molecule has 2 aliphatic rings. The summed E-state index contributed by atoms with van der Waals surface area (Å²) in [4.78, 5) is 65.5. The number of methoxy groups -OCH3 is 2. The molecule has 1 aromatic rings. The van der Waals surface area contributed by atoms with Crippen LogP contribution in [0.15, 0.2) is 24.3 Å². The molecule has 13 heteroatoms. The highest BCUT2D eigenvalue weighted by Crippen LogP contribution is 2.48. The molecule has 2 saturated heterocycles. The average Bonchev–Trinajstić information content (AvgIpc) is 3.08. The van der Waals surface area contributed by atoms with Crippen LogP contribution in [0.4, 0.5) is 0 Å². The molecule has 48 heavy (non-hydrogen) atoms. The number of benzene rings is 1. The molecular formula is C35H52O13. The third-order valence-electron chi connectivity index (χ3n) is 8.92. The zero-order chi connectivity index (χ0) is 35.8. The fourth-order valence-corrected chi connectivity index (χ4v) is 6.17. The Morgan fingerprint density at radius 1 is 0.812 bits per heavy atom. The van der Waals surface area contributed by atoms with Crippen LogP contribution < -0.4 is 0 Å². The largest absolute Gasteiger partial charge is 0.466 e. The molecule has 5 atom stereocenters. The molecule has 2 aliphatic heterocycles. The predicted octanol–water partition coefficient (Wildman–Crippen LogP) is 4.41. The molecule has 13 nitrogen and oxygen atoms in total. The van der Waals surface area contributed by atoms with Crippen molar-refractivity contribution in [2.75, 3.05) is 34.0 Å². The molecule has 5 unspecified atom stereocenters. The van der Waals surface area contributed by atoms with Gasteiger partial charge in [0.25, 0.3) is 11.2 Å². The third-order valence-corrected chi connectivity index (χ3v) is 8.92. The van der Waals surface area contributed by atoms with E-state index in [0.717, 1.165) is 39.0 Å². The molecule has 0 aromatic heterocycles. The summed E-state index contributed by atoms with van der Waals surface area (Å²) in [6, 6.07) is 7.09. The molecule has 2 heterocycles. The molecule has 3 rings (SSSR count).